The Kier molecular flexibility index (Phi) is 6.57. The summed E-state index contributed by atoms with van der Waals surface area (Å²) in [6.45, 7) is 7.71. The molecule has 2 aromatic heterocycles. The second kappa shape index (κ2) is 9.09. The minimum Gasteiger partial charge on any atom is -0.490 e. The predicted molar refractivity (Wildman–Crippen MR) is 99.5 cm³/mol. The van der Waals surface area contributed by atoms with Crippen LogP contribution in [-0.4, -0.2) is 62.3 Å². The van der Waals surface area contributed by atoms with Gasteiger partial charge in [0.2, 0.25) is 0 Å². The summed E-state index contributed by atoms with van der Waals surface area (Å²) >= 11 is 0. The molecule has 0 spiro atoms. The first-order valence-electron chi connectivity index (χ1n) is 9.50. The molecule has 1 aliphatic heterocycles. The summed E-state index contributed by atoms with van der Waals surface area (Å²) in [5.41, 5.74) is 1.76. The smallest absolute Gasteiger partial charge is 0.139 e. The Morgan fingerprint density at radius 3 is 2.92 bits per heavy atom. The molecule has 1 atom stereocenters. The highest BCUT2D eigenvalue weighted by atomic mass is 16.5. The molecule has 7 nitrogen and oxygen atoms in total. The Morgan fingerprint density at radius 2 is 2.19 bits per heavy atom. The van der Waals surface area contributed by atoms with Crippen LogP contribution >= 0.6 is 0 Å². The molecule has 142 valence electrons. The quantitative estimate of drug-likeness (QED) is 0.655. The standard InChI is InChI=1S/C19H29N5O2/c1-15(2)12-23-7-6-17(23)14-26-19-9-18(10-20-11-19)24-13-16(21-22-24)5-3-4-8-25/h9-11,13,15,17,25H,3-8,12,14H2,1-2H3/t17-/m0/s1. The Hall–Kier alpha value is -1.99. The molecule has 1 fully saturated rings. The van der Waals surface area contributed by atoms with E-state index in [4.69, 9.17) is 9.84 Å². The number of unbranched alkanes of at least 4 members (excludes halogenated alkanes) is 1. The van der Waals surface area contributed by atoms with E-state index in [1.807, 2.05) is 12.3 Å². The van der Waals surface area contributed by atoms with Crippen LogP contribution in [0.2, 0.25) is 0 Å². The number of ether oxygens (including phenoxy) is 1. The molecule has 3 heterocycles. The van der Waals surface area contributed by atoms with Gasteiger partial charge in [0.05, 0.1) is 30.0 Å². The highest BCUT2D eigenvalue weighted by Gasteiger charge is 2.28. The van der Waals surface area contributed by atoms with Crippen molar-refractivity contribution >= 4 is 0 Å². The second-order valence-corrected chi connectivity index (χ2v) is 7.36. The lowest BCUT2D eigenvalue weighted by Gasteiger charge is -2.41. The molecule has 0 bridgehead atoms. The molecule has 2 aromatic rings. The van der Waals surface area contributed by atoms with Crippen molar-refractivity contribution in [2.75, 3.05) is 26.3 Å². The fourth-order valence-electron chi connectivity index (χ4n) is 3.15. The number of pyridine rings is 1. The predicted octanol–water partition coefficient (Wildman–Crippen LogP) is 2.09. The summed E-state index contributed by atoms with van der Waals surface area (Å²) in [5, 5.41) is 17.2. The van der Waals surface area contributed by atoms with E-state index >= 15 is 0 Å². The van der Waals surface area contributed by atoms with E-state index in [2.05, 4.69) is 34.0 Å². The number of aliphatic hydroxyl groups is 1. The molecule has 0 aliphatic carbocycles. The second-order valence-electron chi connectivity index (χ2n) is 7.36. The fourth-order valence-corrected chi connectivity index (χ4v) is 3.15. The van der Waals surface area contributed by atoms with Crippen LogP contribution in [0.1, 0.15) is 38.8 Å². The maximum atomic E-state index is 8.86. The van der Waals surface area contributed by atoms with Crippen LogP contribution in [0.25, 0.3) is 5.69 Å². The summed E-state index contributed by atoms with van der Waals surface area (Å²) < 4.78 is 7.70. The summed E-state index contributed by atoms with van der Waals surface area (Å²) in [7, 11) is 0. The lowest BCUT2D eigenvalue weighted by atomic mass is 10.0. The third-order valence-corrected chi connectivity index (χ3v) is 4.65. The van der Waals surface area contributed by atoms with E-state index in [0.29, 0.717) is 18.6 Å². The van der Waals surface area contributed by atoms with Crippen LogP contribution in [0.3, 0.4) is 0 Å². The van der Waals surface area contributed by atoms with Gasteiger partial charge in [-0.1, -0.05) is 19.1 Å². The molecule has 0 saturated carbocycles. The Balaban J connectivity index is 1.55. The van der Waals surface area contributed by atoms with E-state index in [1.54, 1.807) is 17.1 Å². The van der Waals surface area contributed by atoms with Gasteiger partial charge < -0.3 is 9.84 Å². The van der Waals surface area contributed by atoms with Gasteiger partial charge >= 0.3 is 0 Å². The third-order valence-electron chi connectivity index (χ3n) is 4.65. The maximum absolute atomic E-state index is 8.86. The van der Waals surface area contributed by atoms with Crippen LogP contribution < -0.4 is 4.74 Å². The molecule has 1 saturated heterocycles. The Morgan fingerprint density at radius 1 is 1.31 bits per heavy atom. The van der Waals surface area contributed by atoms with Gasteiger partial charge in [0, 0.05) is 31.8 Å². The largest absolute Gasteiger partial charge is 0.490 e. The fraction of sp³-hybridized carbons (Fsp3) is 0.632. The van der Waals surface area contributed by atoms with Crippen LogP contribution in [0.4, 0.5) is 0 Å². The van der Waals surface area contributed by atoms with Crippen molar-refractivity contribution in [3.8, 4) is 11.4 Å². The molecule has 1 N–H and O–H groups in total. The van der Waals surface area contributed by atoms with Gasteiger partial charge in [-0.25, -0.2) is 4.68 Å². The van der Waals surface area contributed by atoms with Gasteiger partial charge in [-0.2, -0.15) is 0 Å². The van der Waals surface area contributed by atoms with Crippen molar-refractivity contribution in [1.29, 1.82) is 0 Å². The first kappa shape index (κ1) is 18.8. The third kappa shape index (κ3) is 5.02. The van der Waals surface area contributed by atoms with Crippen molar-refractivity contribution in [1.82, 2.24) is 24.9 Å². The van der Waals surface area contributed by atoms with Gasteiger partial charge in [0.1, 0.15) is 12.4 Å². The number of hydrogen-bond acceptors (Lipinski definition) is 6. The van der Waals surface area contributed by atoms with Crippen molar-refractivity contribution in [2.24, 2.45) is 5.92 Å². The summed E-state index contributed by atoms with van der Waals surface area (Å²) in [6, 6.07) is 2.45. The minimum atomic E-state index is 0.215. The zero-order valence-electron chi connectivity index (χ0n) is 15.7. The highest BCUT2D eigenvalue weighted by Crippen LogP contribution is 2.21. The van der Waals surface area contributed by atoms with Crippen molar-refractivity contribution in [3.63, 3.8) is 0 Å². The zero-order valence-corrected chi connectivity index (χ0v) is 15.7. The average Bonchev–Trinajstić information content (AvgIpc) is 3.08. The van der Waals surface area contributed by atoms with E-state index in [0.717, 1.165) is 42.9 Å². The lowest BCUT2D eigenvalue weighted by Crippen LogP contribution is -2.52. The van der Waals surface area contributed by atoms with Crippen LogP contribution in [0.5, 0.6) is 5.75 Å². The van der Waals surface area contributed by atoms with Crippen molar-refractivity contribution in [3.05, 3.63) is 30.4 Å². The van der Waals surface area contributed by atoms with E-state index in [-0.39, 0.29) is 6.61 Å². The molecule has 26 heavy (non-hydrogen) atoms. The van der Waals surface area contributed by atoms with Gasteiger partial charge in [0.15, 0.2) is 0 Å². The molecule has 0 unspecified atom stereocenters. The first-order valence-corrected chi connectivity index (χ1v) is 9.50. The molecule has 7 heteroatoms. The summed E-state index contributed by atoms with van der Waals surface area (Å²) in [4.78, 5) is 6.76. The Bertz CT molecular complexity index is 688. The van der Waals surface area contributed by atoms with Crippen LogP contribution in [0.15, 0.2) is 24.7 Å². The van der Waals surface area contributed by atoms with Gasteiger partial charge in [0.25, 0.3) is 0 Å². The number of aliphatic hydroxyl groups excluding tert-OH is 1. The topological polar surface area (TPSA) is 76.3 Å². The number of rotatable bonds is 10. The highest BCUT2D eigenvalue weighted by molar-refractivity contribution is 5.34. The molecular formula is C19H29N5O2. The van der Waals surface area contributed by atoms with Gasteiger partial charge in [-0.3, -0.25) is 9.88 Å². The lowest BCUT2D eigenvalue weighted by molar-refractivity contribution is 0.0407. The van der Waals surface area contributed by atoms with Crippen molar-refractivity contribution < 1.29 is 9.84 Å². The SMILES string of the molecule is CC(C)CN1CC[C@H]1COc1cncc(-n2cc(CCCCO)nn2)c1. The summed E-state index contributed by atoms with van der Waals surface area (Å²) in [6.07, 6.45) is 9.12. The molecule has 1 aliphatic rings. The first-order chi connectivity index (χ1) is 12.7. The maximum Gasteiger partial charge on any atom is 0.139 e. The van der Waals surface area contributed by atoms with E-state index < -0.39 is 0 Å². The average molecular weight is 359 g/mol. The number of nitrogens with zero attached hydrogens (tertiary/aromatic N) is 5. The van der Waals surface area contributed by atoms with Crippen LogP contribution in [-0.2, 0) is 6.42 Å². The molecule has 0 amide bonds. The number of aromatic nitrogens is 4. The number of aryl methyl sites for hydroxylation is 1. The Labute approximate surface area is 155 Å². The number of likely N-dealkylation sites (tertiary alicyclic amines) is 1. The van der Waals surface area contributed by atoms with Gasteiger partial charge in [-0.05, 0) is 31.6 Å². The van der Waals surface area contributed by atoms with E-state index in [9.17, 15) is 0 Å². The monoisotopic (exact) mass is 359 g/mol. The normalized spacial score (nSPS) is 17.5. The molecular weight excluding hydrogens is 330 g/mol. The molecule has 3 rings (SSSR count). The zero-order chi connectivity index (χ0) is 18.4. The molecule has 0 aromatic carbocycles. The summed E-state index contributed by atoms with van der Waals surface area (Å²) in [5.74, 6) is 1.44. The van der Waals surface area contributed by atoms with Crippen LogP contribution in [0, 0.1) is 5.92 Å². The minimum absolute atomic E-state index is 0.215. The number of hydrogen-bond donors (Lipinski definition) is 1. The van der Waals surface area contributed by atoms with E-state index in [1.165, 1.54) is 13.0 Å². The van der Waals surface area contributed by atoms with Crippen molar-refractivity contribution in [2.45, 2.75) is 45.6 Å². The molecule has 0 radical (unpaired) electrons. The van der Waals surface area contributed by atoms with Gasteiger partial charge in [-0.15, -0.1) is 5.10 Å².